The molecule has 0 aliphatic rings. The van der Waals surface area contributed by atoms with Crippen LogP contribution in [0.4, 0.5) is 4.39 Å². The zero-order valence-corrected chi connectivity index (χ0v) is 11.8. The summed E-state index contributed by atoms with van der Waals surface area (Å²) in [6.45, 7) is 3.70. The van der Waals surface area contributed by atoms with Crippen molar-refractivity contribution in [1.82, 2.24) is 0 Å². The molecule has 0 bridgehead atoms. The summed E-state index contributed by atoms with van der Waals surface area (Å²) in [5.74, 6) is -0.507. The highest BCUT2D eigenvalue weighted by atomic mass is 79.9. The lowest BCUT2D eigenvalue weighted by Gasteiger charge is -2.00. The number of rotatable bonds is 2. The number of benzene rings is 1. The molecular weight excluding hydrogens is 303 g/mol. The predicted octanol–water partition coefficient (Wildman–Crippen LogP) is 4.50. The molecule has 1 heterocycles. The van der Waals surface area contributed by atoms with Gasteiger partial charge in [0.05, 0.1) is 8.66 Å². The van der Waals surface area contributed by atoms with E-state index in [1.54, 1.807) is 13.0 Å². The molecule has 0 amide bonds. The zero-order chi connectivity index (χ0) is 12.6. The monoisotopic (exact) mass is 312 g/mol. The number of aryl methyl sites for hydroxylation is 2. The number of ketones is 1. The van der Waals surface area contributed by atoms with E-state index in [4.69, 9.17) is 0 Å². The lowest BCUT2D eigenvalue weighted by molar-refractivity contribution is 0.104. The smallest absolute Gasteiger partial charge is 0.203 e. The van der Waals surface area contributed by atoms with Gasteiger partial charge in [-0.15, -0.1) is 11.3 Å². The maximum Gasteiger partial charge on any atom is 0.203 e. The summed E-state index contributed by atoms with van der Waals surface area (Å²) >= 11 is 4.75. The van der Waals surface area contributed by atoms with Crippen LogP contribution >= 0.6 is 27.3 Å². The Labute approximate surface area is 111 Å². The van der Waals surface area contributed by atoms with Crippen LogP contribution in [0, 0.1) is 19.7 Å². The van der Waals surface area contributed by atoms with E-state index >= 15 is 0 Å². The molecule has 0 spiro atoms. The van der Waals surface area contributed by atoms with Crippen molar-refractivity contribution in [3.63, 3.8) is 0 Å². The van der Waals surface area contributed by atoms with Gasteiger partial charge in [0.15, 0.2) is 0 Å². The van der Waals surface area contributed by atoms with Crippen molar-refractivity contribution in [2.24, 2.45) is 0 Å². The SMILES string of the molecule is Cc1cc(F)cc(C(=O)c2cc(C)c(Br)s2)c1. The Bertz CT molecular complexity index is 549. The number of hydrogen-bond donors (Lipinski definition) is 0. The number of hydrogen-bond acceptors (Lipinski definition) is 2. The molecule has 1 aromatic heterocycles. The van der Waals surface area contributed by atoms with Crippen LogP contribution in [0.3, 0.4) is 0 Å². The Morgan fingerprint density at radius 3 is 2.47 bits per heavy atom. The Morgan fingerprint density at radius 1 is 1.24 bits per heavy atom. The summed E-state index contributed by atoms with van der Waals surface area (Å²) in [6.07, 6.45) is 0. The first kappa shape index (κ1) is 12.5. The molecule has 2 aromatic rings. The molecule has 17 heavy (non-hydrogen) atoms. The van der Waals surface area contributed by atoms with Crippen molar-refractivity contribution in [2.45, 2.75) is 13.8 Å². The zero-order valence-electron chi connectivity index (χ0n) is 9.38. The summed E-state index contributed by atoms with van der Waals surface area (Å²) in [5, 5.41) is 0. The van der Waals surface area contributed by atoms with E-state index in [9.17, 15) is 9.18 Å². The topological polar surface area (TPSA) is 17.1 Å². The Balaban J connectivity index is 2.43. The highest BCUT2D eigenvalue weighted by Gasteiger charge is 2.14. The van der Waals surface area contributed by atoms with Gasteiger partial charge in [0.1, 0.15) is 5.82 Å². The molecule has 0 saturated heterocycles. The van der Waals surface area contributed by atoms with E-state index in [-0.39, 0.29) is 11.6 Å². The molecule has 0 fully saturated rings. The van der Waals surface area contributed by atoms with Crippen molar-refractivity contribution < 1.29 is 9.18 Å². The van der Waals surface area contributed by atoms with Gasteiger partial charge in [0.25, 0.3) is 0 Å². The molecule has 0 saturated carbocycles. The maximum absolute atomic E-state index is 13.2. The first-order valence-electron chi connectivity index (χ1n) is 5.05. The first-order valence-corrected chi connectivity index (χ1v) is 6.66. The van der Waals surface area contributed by atoms with E-state index in [1.807, 2.05) is 13.0 Å². The lowest BCUT2D eigenvalue weighted by Crippen LogP contribution is -1.99. The first-order chi connectivity index (χ1) is 7.97. The fourth-order valence-corrected chi connectivity index (χ4v) is 3.08. The summed E-state index contributed by atoms with van der Waals surface area (Å²) in [4.78, 5) is 12.8. The number of halogens is 2. The van der Waals surface area contributed by atoms with Crippen LogP contribution in [0.25, 0.3) is 0 Å². The second-order valence-corrected chi connectivity index (χ2v) is 6.28. The van der Waals surface area contributed by atoms with Gasteiger partial charge in [-0.2, -0.15) is 0 Å². The third-order valence-corrected chi connectivity index (χ3v) is 4.52. The van der Waals surface area contributed by atoms with Crippen LogP contribution in [-0.4, -0.2) is 5.78 Å². The summed E-state index contributed by atoms with van der Waals surface area (Å²) < 4.78 is 14.2. The molecule has 0 aliphatic carbocycles. The van der Waals surface area contributed by atoms with E-state index in [1.165, 1.54) is 23.5 Å². The molecule has 2 rings (SSSR count). The van der Waals surface area contributed by atoms with Gasteiger partial charge in [0, 0.05) is 5.56 Å². The van der Waals surface area contributed by atoms with Crippen molar-refractivity contribution in [3.8, 4) is 0 Å². The Kier molecular flexibility index (Phi) is 3.45. The standard InChI is InChI=1S/C13H10BrFOS/c1-7-3-9(6-10(15)4-7)12(16)11-5-8(2)13(14)17-11/h3-6H,1-2H3. The van der Waals surface area contributed by atoms with Gasteiger partial charge in [-0.3, -0.25) is 4.79 Å². The second kappa shape index (κ2) is 4.70. The van der Waals surface area contributed by atoms with Crippen molar-refractivity contribution in [2.75, 3.05) is 0 Å². The van der Waals surface area contributed by atoms with Crippen molar-refractivity contribution in [1.29, 1.82) is 0 Å². The van der Waals surface area contributed by atoms with Crippen molar-refractivity contribution in [3.05, 3.63) is 55.4 Å². The normalized spacial score (nSPS) is 10.6. The number of thiophene rings is 1. The minimum Gasteiger partial charge on any atom is -0.288 e. The minimum atomic E-state index is -0.374. The van der Waals surface area contributed by atoms with E-state index in [0.29, 0.717) is 10.4 Å². The van der Waals surface area contributed by atoms with Crippen LogP contribution in [0.5, 0.6) is 0 Å². The van der Waals surface area contributed by atoms with Crippen LogP contribution in [0.15, 0.2) is 28.1 Å². The molecular formula is C13H10BrFOS. The van der Waals surface area contributed by atoms with Crippen molar-refractivity contribution >= 4 is 33.0 Å². The molecule has 0 radical (unpaired) electrons. The van der Waals surface area contributed by atoms with E-state index in [2.05, 4.69) is 15.9 Å². The van der Waals surface area contributed by atoms with Crippen LogP contribution in [0.1, 0.15) is 26.4 Å². The van der Waals surface area contributed by atoms with Crippen LogP contribution < -0.4 is 0 Å². The van der Waals surface area contributed by atoms with Gasteiger partial charge >= 0.3 is 0 Å². The molecule has 0 unspecified atom stereocenters. The molecule has 0 N–H and O–H groups in total. The van der Waals surface area contributed by atoms with Crippen LogP contribution in [-0.2, 0) is 0 Å². The Hall–Kier alpha value is -1.000. The van der Waals surface area contributed by atoms with Gasteiger partial charge in [-0.25, -0.2) is 4.39 Å². The molecule has 4 heteroatoms. The second-order valence-electron chi connectivity index (χ2n) is 3.91. The Morgan fingerprint density at radius 2 is 1.94 bits per heavy atom. The largest absolute Gasteiger partial charge is 0.288 e. The molecule has 0 atom stereocenters. The molecule has 0 aliphatic heterocycles. The third kappa shape index (κ3) is 2.64. The summed E-state index contributed by atoms with van der Waals surface area (Å²) in [5.41, 5.74) is 2.17. The number of carbonyl (C=O) groups is 1. The minimum absolute atomic E-state index is 0.133. The molecule has 1 nitrogen and oxygen atoms in total. The van der Waals surface area contributed by atoms with E-state index in [0.717, 1.165) is 14.9 Å². The van der Waals surface area contributed by atoms with Gasteiger partial charge in [-0.05, 0) is 65.2 Å². The highest BCUT2D eigenvalue weighted by molar-refractivity contribution is 9.11. The number of carbonyl (C=O) groups excluding carboxylic acids is 1. The average molecular weight is 313 g/mol. The fraction of sp³-hybridized carbons (Fsp3) is 0.154. The summed E-state index contributed by atoms with van der Waals surface area (Å²) in [7, 11) is 0. The van der Waals surface area contributed by atoms with Gasteiger partial charge in [0.2, 0.25) is 5.78 Å². The van der Waals surface area contributed by atoms with Gasteiger partial charge < -0.3 is 0 Å². The molecule has 88 valence electrons. The third-order valence-electron chi connectivity index (χ3n) is 2.39. The fourth-order valence-electron chi connectivity index (χ4n) is 1.58. The lowest BCUT2D eigenvalue weighted by atomic mass is 10.1. The molecule has 1 aromatic carbocycles. The summed E-state index contributed by atoms with van der Waals surface area (Å²) in [6, 6.07) is 6.20. The highest BCUT2D eigenvalue weighted by Crippen LogP contribution is 2.29. The van der Waals surface area contributed by atoms with E-state index < -0.39 is 0 Å². The quantitative estimate of drug-likeness (QED) is 0.746. The predicted molar refractivity (Wildman–Crippen MR) is 71.3 cm³/mol. The maximum atomic E-state index is 13.2. The van der Waals surface area contributed by atoms with Crippen LogP contribution in [0.2, 0.25) is 0 Å². The van der Waals surface area contributed by atoms with Gasteiger partial charge in [-0.1, -0.05) is 0 Å². The average Bonchev–Trinajstić information content (AvgIpc) is 2.57.